The summed E-state index contributed by atoms with van der Waals surface area (Å²) in [6.07, 6.45) is 17.2. The fraction of sp³-hybridized carbons (Fsp3) is 0.655. The van der Waals surface area contributed by atoms with Crippen molar-refractivity contribution < 1.29 is 82.7 Å². The second-order valence-corrected chi connectivity index (χ2v) is 21.6. The number of aliphatic hydroxyl groups is 3. The molecule has 6 atom stereocenters. The first-order valence-corrected chi connectivity index (χ1v) is 29.4. The number of carbonyl (C=O) groups excluding carboxylic acids is 11. The van der Waals surface area contributed by atoms with Crippen LogP contribution >= 0.6 is 0 Å². The van der Waals surface area contributed by atoms with E-state index in [0.717, 1.165) is 64.2 Å². The Labute approximate surface area is 497 Å². The summed E-state index contributed by atoms with van der Waals surface area (Å²) in [6.45, 7) is 8.90. The molecule has 10 amide bonds. The fourth-order valence-corrected chi connectivity index (χ4v) is 8.41. The molecule has 0 spiro atoms. The van der Waals surface area contributed by atoms with Crippen LogP contribution in [0.25, 0.3) is 0 Å². The molecule has 478 valence electrons. The molecular weight excluding hydrogens is 1110 g/mol. The Kier molecular flexibility index (Phi) is 37.6. The molecule has 1 unspecified atom stereocenters. The van der Waals surface area contributed by atoms with Crippen molar-refractivity contribution in [3.63, 3.8) is 0 Å². The molecule has 0 aromatic carbocycles. The van der Waals surface area contributed by atoms with Crippen molar-refractivity contribution in [3.05, 3.63) is 47.1 Å². The third-order valence-electron chi connectivity index (χ3n) is 13.0. The first kappa shape index (κ1) is 75.5. The first-order chi connectivity index (χ1) is 40.3. The number of amides is 10. The number of hydrogen-bond donors (Lipinski definition) is 14. The second-order valence-electron chi connectivity index (χ2n) is 21.6. The van der Waals surface area contributed by atoms with E-state index < -0.39 is 138 Å². The highest BCUT2D eigenvalue weighted by Crippen LogP contribution is 2.20. The number of carboxylic acid groups (broad SMARTS) is 1. The molecule has 0 radical (unpaired) electrons. The maximum absolute atomic E-state index is 14.2. The number of esters is 1. The van der Waals surface area contributed by atoms with Gasteiger partial charge < -0.3 is 78.7 Å². The molecule has 27 heteroatoms. The zero-order valence-electron chi connectivity index (χ0n) is 50.4. The van der Waals surface area contributed by atoms with Gasteiger partial charge in [0.15, 0.2) is 0 Å². The van der Waals surface area contributed by atoms with Crippen molar-refractivity contribution in [1.82, 2.24) is 47.9 Å². The van der Waals surface area contributed by atoms with E-state index in [-0.39, 0.29) is 43.0 Å². The number of carbonyl (C=O) groups is 12. The molecule has 27 nitrogen and oxygen atoms in total. The summed E-state index contributed by atoms with van der Waals surface area (Å²) >= 11 is 0. The Bertz CT molecular complexity index is 2380. The van der Waals surface area contributed by atoms with Gasteiger partial charge >= 0.3 is 11.9 Å². The topological polar surface area (TPSA) is 429 Å². The number of carboxylic acids is 1. The van der Waals surface area contributed by atoms with Gasteiger partial charge in [-0.2, -0.15) is 0 Å². The summed E-state index contributed by atoms with van der Waals surface area (Å²) in [6, 6.07) is -7.98. The average molecular weight is 1200 g/mol. The SMILES string of the molecule is CCCCCCC/C=C(/NC(C)=O)C(=O)N[C@H](CO)C(=O)N/C(=C/C(C)C)C(=O)N[C@H](CO)C(=O)N/C(=C\CCCCCC1CC(=O)O1)C(=O)N[C@H](CC(C)C)C(=O)N/C(=C\C(=O)O)C(=O)N[C@H](CO)C(=O)N[C@@H](CCCCCCCC)C(N)=O. The summed E-state index contributed by atoms with van der Waals surface area (Å²) in [5.41, 5.74) is 3.49. The summed E-state index contributed by atoms with van der Waals surface area (Å²) in [5.74, 6) is -13.2. The minimum atomic E-state index is -1.83. The highest BCUT2D eigenvalue weighted by Gasteiger charge is 2.32. The summed E-state index contributed by atoms with van der Waals surface area (Å²) < 4.78 is 5.06. The van der Waals surface area contributed by atoms with E-state index in [1.807, 2.05) is 0 Å². The average Bonchev–Trinajstić information content (AvgIpc) is 3.60. The summed E-state index contributed by atoms with van der Waals surface area (Å²) in [5, 5.41) is 61.3. The van der Waals surface area contributed by atoms with Crippen LogP contribution in [0.5, 0.6) is 0 Å². The molecule has 1 fully saturated rings. The Morgan fingerprint density at radius 1 is 0.541 bits per heavy atom. The number of aliphatic carboxylic acids is 1. The molecule has 0 aromatic rings. The quantitative estimate of drug-likeness (QED) is 0.0230. The molecule has 1 saturated heterocycles. The standard InChI is InChI=1S/C58H94N10O17/c1-8-10-12-14-16-21-25-39(50(59)76)61-56(82)45(32-69)68-55(81)44(31-48(73)74)65-53(79)42(28-35(3)4)63-52(78)41(27-23-19-18-20-24-38-30-49(75)85-38)62-57(83)46(33-70)67-54(80)43(29-36(5)6)64-58(84)47(34-71)66-51(77)40(60-37(7)72)26-22-17-15-13-11-9-2/h26-27,29,31,35-36,38-39,42,45-47,69-71H,8-25,28,30,32-34H2,1-7H3,(H2,59,76)(H,60,72)(H,61,82)(H,62,83)(H,63,78)(H,64,84)(H,65,79)(H,66,77)(H,67,80)(H,68,81)(H,73,74)/b40-26+,41-27-,43-29+,44-31-/t38?,39-,42+,45+,46+,47+/m0/s1. The van der Waals surface area contributed by atoms with Crippen LogP contribution in [0.4, 0.5) is 0 Å². The van der Waals surface area contributed by atoms with Crippen LogP contribution in [0.1, 0.15) is 177 Å². The molecule has 0 saturated carbocycles. The predicted octanol–water partition coefficient (Wildman–Crippen LogP) is 1.06. The molecule has 0 bridgehead atoms. The number of ether oxygens (including phenoxy) is 1. The Morgan fingerprint density at radius 3 is 1.41 bits per heavy atom. The third-order valence-corrected chi connectivity index (χ3v) is 13.0. The Hall–Kier alpha value is -7.52. The van der Waals surface area contributed by atoms with Gasteiger partial charge in [-0.15, -0.1) is 0 Å². The number of nitrogens with two attached hydrogens (primary N) is 1. The van der Waals surface area contributed by atoms with Crippen LogP contribution in [-0.4, -0.2) is 148 Å². The third kappa shape index (κ3) is 31.8. The molecule has 1 aliphatic heterocycles. The maximum Gasteiger partial charge on any atom is 0.330 e. The molecule has 0 aliphatic carbocycles. The molecule has 15 N–H and O–H groups in total. The minimum absolute atomic E-state index is 0.131. The van der Waals surface area contributed by atoms with E-state index in [1.165, 1.54) is 25.2 Å². The van der Waals surface area contributed by atoms with E-state index in [0.29, 0.717) is 51.0 Å². The molecular formula is C58H94N10O17. The number of cyclic esters (lactones) is 1. The highest BCUT2D eigenvalue weighted by molar-refractivity contribution is 6.07. The van der Waals surface area contributed by atoms with Crippen LogP contribution < -0.4 is 53.6 Å². The number of hydrogen-bond acceptors (Lipinski definition) is 16. The molecule has 0 aromatic heterocycles. The van der Waals surface area contributed by atoms with Crippen LogP contribution in [-0.2, 0) is 62.3 Å². The number of unbranched alkanes of at least 4 members (excludes halogenated alkanes) is 13. The molecule has 1 rings (SSSR count). The predicted molar refractivity (Wildman–Crippen MR) is 312 cm³/mol. The van der Waals surface area contributed by atoms with Crippen LogP contribution in [0.3, 0.4) is 0 Å². The number of allylic oxidation sites excluding steroid dienone is 3. The van der Waals surface area contributed by atoms with Crippen LogP contribution in [0.15, 0.2) is 47.1 Å². The number of nitrogens with one attached hydrogen (secondary N) is 9. The molecule has 1 aliphatic rings. The summed E-state index contributed by atoms with van der Waals surface area (Å²) in [7, 11) is 0. The fourth-order valence-electron chi connectivity index (χ4n) is 8.41. The van der Waals surface area contributed by atoms with Gasteiger partial charge in [0.25, 0.3) is 23.6 Å². The number of aliphatic hydroxyl groups excluding tert-OH is 3. The first-order valence-electron chi connectivity index (χ1n) is 29.4. The van der Waals surface area contributed by atoms with E-state index >= 15 is 0 Å². The van der Waals surface area contributed by atoms with Gasteiger partial charge in [-0.05, 0) is 63.2 Å². The van der Waals surface area contributed by atoms with Gasteiger partial charge in [0.1, 0.15) is 59.1 Å². The molecule has 1 heterocycles. The van der Waals surface area contributed by atoms with Crippen molar-refractivity contribution in [2.45, 2.75) is 213 Å². The van der Waals surface area contributed by atoms with Gasteiger partial charge in [0.2, 0.25) is 35.4 Å². The van der Waals surface area contributed by atoms with Crippen molar-refractivity contribution in [3.8, 4) is 0 Å². The Morgan fingerprint density at radius 2 is 0.953 bits per heavy atom. The summed E-state index contributed by atoms with van der Waals surface area (Å²) in [4.78, 5) is 157. The lowest BCUT2D eigenvalue weighted by Gasteiger charge is -2.25. The molecule has 85 heavy (non-hydrogen) atoms. The number of rotatable bonds is 44. The van der Waals surface area contributed by atoms with Gasteiger partial charge in [0.05, 0.1) is 32.3 Å². The number of primary amides is 1. The van der Waals surface area contributed by atoms with Crippen molar-refractivity contribution in [2.75, 3.05) is 19.8 Å². The van der Waals surface area contributed by atoms with E-state index in [9.17, 15) is 78.0 Å². The largest absolute Gasteiger partial charge is 0.478 e. The van der Waals surface area contributed by atoms with E-state index in [4.69, 9.17) is 10.5 Å². The maximum atomic E-state index is 14.2. The van der Waals surface area contributed by atoms with Gasteiger partial charge in [-0.3, -0.25) is 52.7 Å². The lowest BCUT2D eigenvalue weighted by Crippen LogP contribution is -2.56. The lowest BCUT2D eigenvalue weighted by molar-refractivity contribution is -0.170. The van der Waals surface area contributed by atoms with Gasteiger partial charge in [-0.25, -0.2) is 4.79 Å². The lowest BCUT2D eigenvalue weighted by atomic mass is 10.0. The van der Waals surface area contributed by atoms with Gasteiger partial charge in [-0.1, -0.05) is 130 Å². The van der Waals surface area contributed by atoms with E-state index in [1.54, 1.807) is 27.7 Å². The van der Waals surface area contributed by atoms with Crippen molar-refractivity contribution in [2.24, 2.45) is 17.6 Å². The zero-order chi connectivity index (χ0) is 64.0. The van der Waals surface area contributed by atoms with Crippen LogP contribution in [0, 0.1) is 11.8 Å². The normalized spacial score (nSPS) is 15.4. The minimum Gasteiger partial charge on any atom is -0.478 e. The van der Waals surface area contributed by atoms with Gasteiger partial charge in [0, 0.05) is 6.92 Å². The highest BCUT2D eigenvalue weighted by atomic mass is 16.6. The second kappa shape index (κ2) is 42.3. The smallest absolute Gasteiger partial charge is 0.330 e. The van der Waals surface area contributed by atoms with Crippen molar-refractivity contribution in [1.29, 1.82) is 0 Å². The van der Waals surface area contributed by atoms with E-state index in [2.05, 4.69) is 61.7 Å². The van der Waals surface area contributed by atoms with Crippen LogP contribution in [0.2, 0.25) is 0 Å². The Balaban J connectivity index is 3.46. The monoisotopic (exact) mass is 1200 g/mol. The van der Waals surface area contributed by atoms with Crippen molar-refractivity contribution >= 4 is 71.0 Å². The zero-order valence-corrected chi connectivity index (χ0v) is 50.4.